The second-order valence-electron chi connectivity index (χ2n) is 14.6. The van der Waals surface area contributed by atoms with E-state index in [4.69, 9.17) is 24.4 Å². The molecular formula is C40H49N5O3. The third-order valence-corrected chi connectivity index (χ3v) is 9.94. The van der Waals surface area contributed by atoms with Crippen LogP contribution in [0.1, 0.15) is 99.9 Å². The van der Waals surface area contributed by atoms with Crippen LogP contribution < -0.4 is 4.74 Å². The summed E-state index contributed by atoms with van der Waals surface area (Å²) >= 11 is 0. The Morgan fingerprint density at radius 1 is 0.917 bits per heavy atom. The highest BCUT2D eigenvalue weighted by molar-refractivity contribution is 5.86. The summed E-state index contributed by atoms with van der Waals surface area (Å²) in [6.45, 7) is 11.8. The fraction of sp³-hybridized carbons (Fsp3) is 0.500. The Morgan fingerprint density at radius 3 is 2.25 bits per heavy atom. The van der Waals surface area contributed by atoms with E-state index in [1.807, 2.05) is 43.7 Å². The molecule has 2 aliphatic rings. The summed E-state index contributed by atoms with van der Waals surface area (Å²) in [5.74, 6) is 3.11. The molecule has 2 fully saturated rings. The second kappa shape index (κ2) is 15.0. The van der Waals surface area contributed by atoms with E-state index in [2.05, 4.69) is 61.9 Å². The summed E-state index contributed by atoms with van der Waals surface area (Å²) in [6.07, 6.45) is 12.6. The molecule has 1 aliphatic carbocycles. The molecule has 1 aromatic carbocycles. The number of nitrogens with zero attached hydrogens (tertiary/aromatic N) is 5. The van der Waals surface area contributed by atoms with E-state index in [9.17, 15) is 4.79 Å². The highest BCUT2D eigenvalue weighted by Crippen LogP contribution is 2.41. The van der Waals surface area contributed by atoms with E-state index < -0.39 is 0 Å². The molecule has 6 rings (SSSR count). The molecule has 3 aromatic heterocycles. The molecular weight excluding hydrogens is 598 g/mol. The lowest BCUT2D eigenvalue weighted by atomic mass is 9.71. The van der Waals surface area contributed by atoms with Gasteiger partial charge in [-0.2, -0.15) is 4.98 Å². The van der Waals surface area contributed by atoms with Crippen molar-refractivity contribution < 1.29 is 14.3 Å². The largest absolute Gasteiger partial charge is 0.469 e. The third kappa shape index (κ3) is 8.15. The molecule has 1 saturated heterocycles. The monoisotopic (exact) mass is 647 g/mol. The van der Waals surface area contributed by atoms with Gasteiger partial charge in [-0.3, -0.25) is 9.78 Å². The van der Waals surface area contributed by atoms with Gasteiger partial charge in [-0.15, -0.1) is 0 Å². The first kappa shape index (κ1) is 33.8. The van der Waals surface area contributed by atoms with Gasteiger partial charge in [-0.1, -0.05) is 64.1 Å². The number of carbonyl (C=O) groups excluding carboxylic acids is 1. The number of hydrogen-bond donors (Lipinski definition) is 0. The normalized spacial score (nSPS) is 19.0. The van der Waals surface area contributed by atoms with Crippen LogP contribution in [0.25, 0.3) is 11.1 Å². The molecule has 8 heteroatoms. The Kier molecular flexibility index (Phi) is 10.6. The SMILES string of the molecule is CCc1ncc(-c2ccc(C(C(=O)CCc3ccccc3)C3CCC(Cc4ncc(C(C)(C)C)c(OC5COC5)n4)CC3)nc2C)cn1. The number of benzene rings is 1. The van der Waals surface area contributed by atoms with Crippen molar-refractivity contribution >= 4 is 5.78 Å². The summed E-state index contributed by atoms with van der Waals surface area (Å²) < 4.78 is 11.6. The van der Waals surface area contributed by atoms with Gasteiger partial charge in [0.15, 0.2) is 0 Å². The molecule has 48 heavy (non-hydrogen) atoms. The highest BCUT2D eigenvalue weighted by atomic mass is 16.6. The van der Waals surface area contributed by atoms with Gasteiger partial charge in [0.05, 0.1) is 24.8 Å². The average molecular weight is 648 g/mol. The van der Waals surface area contributed by atoms with Crippen molar-refractivity contribution in [3.05, 3.63) is 95.2 Å². The number of ketones is 1. The van der Waals surface area contributed by atoms with Gasteiger partial charge in [0.2, 0.25) is 5.88 Å². The van der Waals surface area contributed by atoms with Gasteiger partial charge in [0, 0.05) is 60.2 Å². The maximum atomic E-state index is 14.1. The Hall–Kier alpha value is -4.04. The molecule has 0 N–H and O–H groups in total. The van der Waals surface area contributed by atoms with Crippen molar-refractivity contribution in [2.24, 2.45) is 11.8 Å². The average Bonchev–Trinajstić information content (AvgIpc) is 3.06. The van der Waals surface area contributed by atoms with Crippen molar-refractivity contribution in [3.8, 4) is 17.0 Å². The van der Waals surface area contributed by atoms with Crippen LogP contribution in [0.3, 0.4) is 0 Å². The van der Waals surface area contributed by atoms with Crippen LogP contribution in [0, 0.1) is 18.8 Å². The number of pyridine rings is 1. The quantitative estimate of drug-likeness (QED) is 0.155. The van der Waals surface area contributed by atoms with E-state index in [0.717, 1.165) is 84.7 Å². The van der Waals surface area contributed by atoms with Gasteiger partial charge in [0.25, 0.3) is 0 Å². The summed E-state index contributed by atoms with van der Waals surface area (Å²) in [5.41, 5.74) is 5.84. The van der Waals surface area contributed by atoms with E-state index in [1.165, 1.54) is 5.56 Å². The number of Topliss-reactive ketones (excluding diaryl/α,β-unsaturated/α-hetero) is 1. The summed E-state index contributed by atoms with van der Waals surface area (Å²) in [4.78, 5) is 37.9. The smallest absolute Gasteiger partial charge is 0.220 e. The Labute approximate surface area is 285 Å². The Balaban J connectivity index is 1.18. The first-order valence-corrected chi connectivity index (χ1v) is 17.6. The standard InChI is InChI=1S/C40H49N5O3/c1-6-36-41-21-30(22-42-36)32-17-18-34(44-26(32)2)38(35(46)19-14-27-10-8-7-9-11-27)29-15-12-28(13-16-29)20-37-43-23-33(40(3,4)5)39(45-37)48-31-24-47-25-31/h7-11,17-18,21-23,28-29,31,38H,6,12-16,19-20,24-25H2,1-5H3. The number of aryl methyl sites for hydroxylation is 3. The van der Waals surface area contributed by atoms with Crippen LogP contribution in [-0.4, -0.2) is 50.0 Å². The lowest BCUT2D eigenvalue weighted by molar-refractivity contribution is -0.122. The summed E-state index contributed by atoms with van der Waals surface area (Å²) in [7, 11) is 0. The van der Waals surface area contributed by atoms with Crippen LogP contribution in [-0.2, 0) is 34.2 Å². The van der Waals surface area contributed by atoms with Crippen molar-refractivity contribution in [1.29, 1.82) is 0 Å². The number of aromatic nitrogens is 5. The molecule has 0 radical (unpaired) electrons. The molecule has 1 aliphatic heterocycles. The molecule has 1 atom stereocenters. The predicted molar refractivity (Wildman–Crippen MR) is 187 cm³/mol. The van der Waals surface area contributed by atoms with Crippen molar-refractivity contribution in [2.75, 3.05) is 13.2 Å². The third-order valence-electron chi connectivity index (χ3n) is 9.94. The first-order chi connectivity index (χ1) is 23.2. The van der Waals surface area contributed by atoms with Crippen LogP contribution in [0.2, 0.25) is 0 Å². The zero-order chi connectivity index (χ0) is 33.7. The fourth-order valence-electron chi connectivity index (χ4n) is 7.00. The number of rotatable bonds is 12. The van der Waals surface area contributed by atoms with Crippen LogP contribution in [0.15, 0.2) is 61.1 Å². The molecule has 4 heterocycles. The van der Waals surface area contributed by atoms with Crippen molar-refractivity contribution in [2.45, 2.75) is 103 Å². The van der Waals surface area contributed by atoms with Gasteiger partial charge in [-0.05, 0) is 67.9 Å². The molecule has 0 spiro atoms. The van der Waals surface area contributed by atoms with Crippen LogP contribution in [0.4, 0.5) is 0 Å². The molecule has 8 nitrogen and oxygen atoms in total. The van der Waals surface area contributed by atoms with Gasteiger partial charge in [0.1, 0.15) is 23.5 Å². The molecule has 1 saturated carbocycles. The van der Waals surface area contributed by atoms with Gasteiger partial charge in [-0.25, -0.2) is 15.0 Å². The van der Waals surface area contributed by atoms with E-state index >= 15 is 0 Å². The first-order valence-electron chi connectivity index (χ1n) is 17.6. The molecule has 1 unspecified atom stereocenters. The minimum atomic E-state index is -0.229. The number of hydrogen-bond acceptors (Lipinski definition) is 8. The Morgan fingerprint density at radius 2 is 1.62 bits per heavy atom. The van der Waals surface area contributed by atoms with Gasteiger partial charge >= 0.3 is 0 Å². The minimum Gasteiger partial charge on any atom is -0.469 e. The molecule has 0 bridgehead atoms. The fourth-order valence-corrected chi connectivity index (χ4v) is 7.00. The zero-order valence-electron chi connectivity index (χ0n) is 29.1. The van der Waals surface area contributed by atoms with Crippen LogP contribution >= 0.6 is 0 Å². The maximum Gasteiger partial charge on any atom is 0.220 e. The molecule has 0 amide bonds. The summed E-state index contributed by atoms with van der Waals surface area (Å²) in [5, 5.41) is 0. The van der Waals surface area contributed by atoms with E-state index in [-0.39, 0.29) is 29.1 Å². The highest BCUT2D eigenvalue weighted by Gasteiger charge is 2.35. The lowest BCUT2D eigenvalue weighted by Gasteiger charge is -2.33. The molecule has 4 aromatic rings. The van der Waals surface area contributed by atoms with Gasteiger partial charge < -0.3 is 9.47 Å². The topological polar surface area (TPSA) is 100.0 Å². The Bertz CT molecular complexity index is 1670. The van der Waals surface area contributed by atoms with Crippen LogP contribution in [0.5, 0.6) is 5.88 Å². The lowest BCUT2D eigenvalue weighted by Crippen LogP contribution is -2.39. The maximum absolute atomic E-state index is 14.1. The second-order valence-corrected chi connectivity index (χ2v) is 14.6. The van der Waals surface area contributed by atoms with E-state index in [0.29, 0.717) is 31.4 Å². The number of carbonyl (C=O) groups is 1. The summed E-state index contributed by atoms with van der Waals surface area (Å²) in [6, 6.07) is 14.5. The van der Waals surface area contributed by atoms with Crippen molar-refractivity contribution in [3.63, 3.8) is 0 Å². The van der Waals surface area contributed by atoms with Crippen molar-refractivity contribution in [1.82, 2.24) is 24.9 Å². The predicted octanol–water partition coefficient (Wildman–Crippen LogP) is 7.61. The van der Waals surface area contributed by atoms with E-state index in [1.54, 1.807) is 0 Å². The number of ether oxygens (including phenoxy) is 2. The molecule has 252 valence electrons. The minimum absolute atomic E-state index is 0.0573. The zero-order valence-corrected chi connectivity index (χ0v) is 29.1.